The molecule has 0 saturated carbocycles. The zero-order valence-electron chi connectivity index (χ0n) is 14.7. The van der Waals surface area contributed by atoms with Crippen molar-refractivity contribution in [3.05, 3.63) is 81.4 Å². The fourth-order valence-electron chi connectivity index (χ4n) is 2.59. The van der Waals surface area contributed by atoms with Gasteiger partial charge in [0.1, 0.15) is 17.6 Å². The molecular formula is C20H18N4O3. The number of fused-ring (bicyclic) bond motifs is 1. The van der Waals surface area contributed by atoms with Crippen LogP contribution >= 0.6 is 0 Å². The highest BCUT2D eigenvalue weighted by molar-refractivity contribution is 5.92. The minimum Gasteiger partial charge on any atom is -0.398 e. The van der Waals surface area contributed by atoms with Gasteiger partial charge in [0.15, 0.2) is 0 Å². The van der Waals surface area contributed by atoms with Crippen molar-refractivity contribution in [3.8, 4) is 0 Å². The molecule has 7 nitrogen and oxygen atoms in total. The number of amides is 1. The number of hydrogen-bond acceptors (Lipinski definition) is 5. The van der Waals surface area contributed by atoms with E-state index in [1.54, 1.807) is 49.5 Å². The van der Waals surface area contributed by atoms with Gasteiger partial charge in [-0.05, 0) is 47.9 Å². The molecule has 0 bridgehead atoms. The molecule has 0 aliphatic carbocycles. The van der Waals surface area contributed by atoms with E-state index in [0.717, 1.165) is 17.4 Å². The normalized spacial score (nSPS) is 11.4. The summed E-state index contributed by atoms with van der Waals surface area (Å²) in [6.45, 7) is 1.93. The maximum absolute atomic E-state index is 12.3. The van der Waals surface area contributed by atoms with Crippen LogP contribution in [0.15, 0.2) is 59.0 Å². The number of aromatic nitrogens is 2. The molecule has 3 aromatic rings. The summed E-state index contributed by atoms with van der Waals surface area (Å²) in [6, 6.07) is 11.6. The highest BCUT2D eigenvalue weighted by atomic mass is 16.2. The number of benzene rings is 1. The van der Waals surface area contributed by atoms with Crippen molar-refractivity contribution in [2.45, 2.75) is 13.5 Å². The van der Waals surface area contributed by atoms with Crippen LogP contribution in [0.25, 0.3) is 11.7 Å². The molecular weight excluding hydrogens is 344 g/mol. The Morgan fingerprint density at radius 2 is 2.07 bits per heavy atom. The second kappa shape index (κ2) is 7.65. The number of nitrogens with zero attached hydrogens (tertiary/aromatic N) is 2. The average molecular weight is 362 g/mol. The first kappa shape index (κ1) is 18.1. The molecule has 7 heteroatoms. The van der Waals surface area contributed by atoms with Gasteiger partial charge in [0.25, 0.3) is 11.5 Å². The molecule has 3 rings (SSSR count). The zero-order valence-corrected chi connectivity index (χ0v) is 14.7. The smallest absolute Gasteiger partial charge is 0.270 e. The predicted molar refractivity (Wildman–Crippen MR) is 103 cm³/mol. The number of carbonyl (C=O) groups excluding carboxylic acids is 2. The molecule has 0 saturated heterocycles. The van der Waals surface area contributed by atoms with Crippen molar-refractivity contribution >= 4 is 29.6 Å². The van der Waals surface area contributed by atoms with E-state index in [1.165, 1.54) is 10.5 Å². The molecule has 0 spiro atoms. The monoisotopic (exact) mass is 362 g/mol. The Balaban J connectivity index is 1.75. The van der Waals surface area contributed by atoms with Crippen LogP contribution in [0.1, 0.15) is 28.5 Å². The highest BCUT2D eigenvalue weighted by Gasteiger charge is 2.10. The first-order chi connectivity index (χ1) is 13.0. The zero-order chi connectivity index (χ0) is 19.4. The molecule has 2 aromatic heterocycles. The Hall–Kier alpha value is -3.74. The number of anilines is 1. The van der Waals surface area contributed by atoms with Crippen molar-refractivity contribution in [1.82, 2.24) is 14.7 Å². The van der Waals surface area contributed by atoms with Gasteiger partial charge in [-0.25, -0.2) is 4.98 Å². The van der Waals surface area contributed by atoms with E-state index >= 15 is 0 Å². The standard InChI is InChI=1S/C20H18N4O3/c1-13(12-25)8-15-6-5-14(9-16(15)21)11-22-20(27)17-10-19(26)24-7-3-2-4-18(24)23-17/h2-10,12H,11,21H2,1H3,(H,22,27)/b13-8+. The molecule has 0 radical (unpaired) electrons. The molecule has 136 valence electrons. The molecule has 1 aromatic carbocycles. The maximum atomic E-state index is 12.3. The van der Waals surface area contributed by atoms with Crippen LogP contribution in [0.2, 0.25) is 0 Å². The lowest BCUT2D eigenvalue weighted by Crippen LogP contribution is -2.27. The molecule has 0 atom stereocenters. The Kier molecular flexibility index (Phi) is 5.12. The van der Waals surface area contributed by atoms with Crippen molar-refractivity contribution in [2.24, 2.45) is 0 Å². The van der Waals surface area contributed by atoms with Crippen LogP contribution in [0.5, 0.6) is 0 Å². The molecule has 27 heavy (non-hydrogen) atoms. The SMILES string of the molecule is C/C(C=O)=C\c1ccc(CNC(=O)c2cc(=O)n3ccccc3n2)cc1N. The number of carbonyl (C=O) groups is 2. The number of allylic oxidation sites excluding steroid dienone is 1. The molecule has 2 heterocycles. The Bertz CT molecular complexity index is 1120. The topological polar surface area (TPSA) is 107 Å². The minimum absolute atomic E-state index is 0.0559. The van der Waals surface area contributed by atoms with E-state index in [1.807, 2.05) is 6.07 Å². The largest absolute Gasteiger partial charge is 0.398 e. The Labute approximate surface area is 155 Å². The number of aldehydes is 1. The summed E-state index contributed by atoms with van der Waals surface area (Å²) < 4.78 is 1.37. The van der Waals surface area contributed by atoms with Crippen LogP contribution in [-0.2, 0) is 11.3 Å². The van der Waals surface area contributed by atoms with Crippen LogP contribution in [-0.4, -0.2) is 21.6 Å². The Morgan fingerprint density at radius 1 is 1.26 bits per heavy atom. The number of hydrogen-bond donors (Lipinski definition) is 2. The molecule has 0 unspecified atom stereocenters. The van der Waals surface area contributed by atoms with E-state index in [0.29, 0.717) is 16.9 Å². The fraction of sp³-hybridized carbons (Fsp3) is 0.100. The van der Waals surface area contributed by atoms with E-state index in [2.05, 4.69) is 10.3 Å². The molecule has 0 aliphatic rings. The van der Waals surface area contributed by atoms with Gasteiger partial charge in [-0.15, -0.1) is 0 Å². The summed E-state index contributed by atoms with van der Waals surface area (Å²) >= 11 is 0. The van der Waals surface area contributed by atoms with Crippen molar-refractivity contribution in [2.75, 3.05) is 5.73 Å². The molecule has 0 fully saturated rings. The summed E-state index contributed by atoms with van der Waals surface area (Å²) in [7, 11) is 0. The molecule has 0 aliphatic heterocycles. The average Bonchev–Trinajstić information content (AvgIpc) is 2.67. The first-order valence-corrected chi connectivity index (χ1v) is 8.26. The van der Waals surface area contributed by atoms with E-state index in [9.17, 15) is 14.4 Å². The van der Waals surface area contributed by atoms with E-state index in [-0.39, 0.29) is 17.8 Å². The number of nitrogen functional groups attached to an aromatic ring is 1. The van der Waals surface area contributed by atoms with Gasteiger partial charge in [0.05, 0.1) is 0 Å². The lowest BCUT2D eigenvalue weighted by Gasteiger charge is -2.08. The van der Waals surface area contributed by atoms with Gasteiger partial charge in [-0.3, -0.25) is 18.8 Å². The summed E-state index contributed by atoms with van der Waals surface area (Å²) in [6.07, 6.45) is 4.04. The number of rotatable bonds is 5. The molecule has 3 N–H and O–H groups in total. The lowest BCUT2D eigenvalue weighted by atomic mass is 10.1. The summed E-state index contributed by atoms with van der Waals surface area (Å²) in [4.78, 5) is 39.3. The van der Waals surface area contributed by atoms with Crippen LogP contribution in [0.4, 0.5) is 5.69 Å². The van der Waals surface area contributed by atoms with Crippen molar-refractivity contribution in [1.29, 1.82) is 0 Å². The number of nitrogens with two attached hydrogens (primary N) is 1. The second-order valence-corrected chi connectivity index (χ2v) is 6.06. The summed E-state index contributed by atoms with van der Waals surface area (Å²) in [5.41, 5.74) is 8.73. The van der Waals surface area contributed by atoms with Gasteiger partial charge in [-0.2, -0.15) is 0 Å². The van der Waals surface area contributed by atoms with E-state index < -0.39 is 5.91 Å². The van der Waals surface area contributed by atoms with Gasteiger partial charge >= 0.3 is 0 Å². The van der Waals surface area contributed by atoms with Gasteiger partial charge in [0.2, 0.25) is 0 Å². The number of nitrogens with one attached hydrogen (secondary N) is 1. The van der Waals surface area contributed by atoms with Crippen molar-refractivity contribution in [3.63, 3.8) is 0 Å². The van der Waals surface area contributed by atoms with Gasteiger partial charge in [-0.1, -0.05) is 18.2 Å². The summed E-state index contributed by atoms with van der Waals surface area (Å²) in [5, 5.41) is 2.73. The first-order valence-electron chi connectivity index (χ1n) is 8.26. The number of pyridine rings is 1. The van der Waals surface area contributed by atoms with Crippen molar-refractivity contribution < 1.29 is 9.59 Å². The lowest BCUT2D eigenvalue weighted by molar-refractivity contribution is -0.104. The van der Waals surface area contributed by atoms with Crippen LogP contribution in [0, 0.1) is 0 Å². The van der Waals surface area contributed by atoms with Gasteiger partial charge in [0, 0.05) is 24.5 Å². The minimum atomic E-state index is -0.446. The van der Waals surface area contributed by atoms with Crippen LogP contribution < -0.4 is 16.6 Å². The van der Waals surface area contributed by atoms with E-state index in [4.69, 9.17) is 5.73 Å². The highest BCUT2D eigenvalue weighted by Crippen LogP contribution is 2.17. The maximum Gasteiger partial charge on any atom is 0.270 e. The molecule has 1 amide bonds. The third kappa shape index (κ3) is 4.09. The predicted octanol–water partition coefficient (Wildman–Crippen LogP) is 1.81. The Morgan fingerprint density at radius 3 is 2.81 bits per heavy atom. The fourth-order valence-corrected chi connectivity index (χ4v) is 2.59. The quantitative estimate of drug-likeness (QED) is 0.409. The van der Waals surface area contributed by atoms with Crippen LogP contribution in [0.3, 0.4) is 0 Å². The summed E-state index contributed by atoms with van der Waals surface area (Å²) in [5.74, 6) is -0.446. The van der Waals surface area contributed by atoms with Gasteiger partial charge < -0.3 is 11.1 Å². The third-order valence-corrected chi connectivity index (χ3v) is 3.98. The third-order valence-electron chi connectivity index (χ3n) is 3.98. The second-order valence-electron chi connectivity index (χ2n) is 6.06.